The van der Waals surface area contributed by atoms with Gasteiger partial charge in [0.2, 0.25) is 0 Å². The molecule has 5 aliphatic carbocycles. The molecule has 10 atom stereocenters. The van der Waals surface area contributed by atoms with Gasteiger partial charge in [0.15, 0.2) is 0 Å². The average Bonchev–Trinajstić information content (AvgIpc) is 3.52. The van der Waals surface area contributed by atoms with Crippen LogP contribution in [0.5, 0.6) is 0 Å². The average molecular weight is 721 g/mol. The summed E-state index contributed by atoms with van der Waals surface area (Å²) >= 11 is 0. The minimum absolute atomic E-state index is 0.0126. The number of ether oxygens (including phenoxy) is 2. The molecular formula is C46H76N2O4. The lowest BCUT2D eigenvalue weighted by Crippen LogP contribution is -2.67. The van der Waals surface area contributed by atoms with Crippen molar-refractivity contribution in [1.82, 2.24) is 9.80 Å². The van der Waals surface area contributed by atoms with Crippen LogP contribution in [0.1, 0.15) is 157 Å². The number of hydrogen-bond acceptors (Lipinski definition) is 6. The highest BCUT2D eigenvalue weighted by atomic mass is 16.5. The van der Waals surface area contributed by atoms with E-state index in [1.165, 1.54) is 102 Å². The van der Waals surface area contributed by atoms with Crippen LogP contribution in [-0.4, -0.2) is 73.7 Å². The molecular weight excluding hydrogens is 645 g/mol. The fourth-order valence-corrected chi connectivity index (χ4v) is 15.1. The summed E-state index contributed by atoms with van der Waals surface area (Å²) in [5.41, 5.74) is 2.20. The van der Waals surface area contributed by atoms with Gasteiger partial charge < -0.3 is 19.3 Å². The van der Waals surface area contributed by atoms with Gasteiger partial charge >= 0.3 is 11.9 Å². The maximum absolute atomic E-state index is 13.2. The maximum Gasteiger partial charge on any atom is 0.307 e. The summed E-state index contributed by atoms with van der Waals surface area (Å²) in [4.78, 5) is 31.4. The number of carbonyl (C=O) groups is 2. The first-order valence-electron chi connectivity index (χ1n) is 22.2. The molecule has 0 spiro atoms. The van der Waals surface area contributed by atoms with E-state index in [2.05, 4.69) is 57.9 Å². The Kier molecular flexibility index (Phi) is 11.2. The van der Waals surface area contributed by atoms with Crippen LogP contribution in [0.15, 0.2) is 12.2 Å². The molecule has 0 aromatic carbocycles. The third kappa shape index (κ3) is 6.76. The van der Waals surface area contributed by atoms with E-state index in [0.29, 0.717) is 49.0 Å². The zero-order chi connectivity index (χ0) is 36.9. The van der Waals surface area contributed by atoms with E-state index in [1.54, 1.807) is 0 Å². The lowest BCUT2D eigenvalue weighted by atomic mass is 9.32. The van der Waals surface area contributed by atoms with Crippen LogP contribution in [0, 0.1) is 56.7 Å². The van der Waals surface area contributed by atoms with Crippen molar-refractivity contribution in [1.29, 1.82) is 0 Å². The summed E-state index contributed by atoms with van der Waals surface area (Å²) in [5, 5.41) is 0. The standard InChI is InChI=1S/C46H76N2O4/c1-33(2)34-16-23-46(32-51-39(49)19-30-47-26-10-8-11-27-47)25-24-44(6)35(41(34)46)14-15-37-43(5)21-18-38(42(3,4)36(43)17-22-45(37,44)7)52-40(50)20-31-48-28-12-9-13-29-48/h34-38,41H,1,8-32H2,2-7H3/t34-,35+,36-,37+,38?,41+,43-,44+,45+,46+/m0/s1. The number of rotatable bonds is 10. The number of likely N-dealkylation sites (tertiary alicyclic amines) is 2. The number of piperidine rings is 2. The maximum atomic E-state index is 13.2. The van der Waals surface area contributed by atoms with Crippen molar-refractivity contribution in [2.24, 2.45) is 56.7 Å². The Morgan fingerprint density at radius 2 is 1.31 bits per heavy atom. The Labute approximate surface area is 318 Å². The van der Waals surface area contributed by atoms with E-state index >= 15 is 0 Å². The van der Waals surface area contributed by atoms with Gasteiger partial charge in [-0.05, 0) is 169 Å². The molecule has 7 fully saturated rings. The number of esters is 2. The predicted octanol–water partition coefficient (Wildman–Crippen LogP) is 9.85. The molecule has 2 saturated heterocycles. The predicted molar refractivity (Wildman–Crippen MR) is 210 cm³/mol. The van der Waals surface area contributed by atoms with Gasteiger partial charge in [0.1, 0.15) is 6.10 Å². The first-order chi connectivity index (χ1) is 24.7. The van der Waals surface area contributed by atoms with E-state index in [4.69, 9.17) is 9.47 Å². The summed E-state index contributed by atoms with van der Waals surface area (Å²) in [6, 6.07) is 0. The summed E-state index contributed by atoms with van der Waals surface area (Å²) in [6.45, 7) is 26.6. The minimum atomic E-state index is -0.0248. The van der Waals surface area contributed by atoms with Crippen molar-refractivity contribution in [3.05, 3.63) is 12.2 Å². The fourth-order valence-electron chi connectivity index (χ4n) is 15.1. The molecule has 6 heteroatoms. The highest BCUT2D eigenvalue weighted by Gasteiger charge is 2.71. The van der Waals surface area contributed by atoms with E-state index in [0.717, 1.165) is 45.7 Å². The van der Waals surface area contributed by atoms with Gasteiger partial charge in [-0.3, -0.25) is 9.59 Å². The van der Waals surface area contributed by atoms with Crippen LogP contribution < -0.4 is 0 Å². The Morgan fingerprint density at radius 3 is 1.94 bits per heavy atom. The second kappa shape index (κ2) is 14.9. The van der Waals surface area contributed by atoms with Crippen LogP contribution in [0.4, 0.5) is 0 Å². The zero-order valence-electron chi connectivity index (χ0n) is 34.4. The van der Waals surface area contributed by atoms with Crippen molar-refractivity contribution in [3.8, 4) is 0 Å². The highest BCUT2D eigenvalue weighted by Crippen LogP contribution is 2.77. The molecule has 7 rings (SSSR count). The Balaban J connectivity index is 1.04. The number of nitrogens with zero attached hydrogens (tertiary/aromatic N) is 2. The third-order valence-electron chi connectivity index (χ3n) is 18.1. The third-order valence-corrected chi connectivity index (χ3v) is 18.1. The SMILES string of the molecule is C=C(C)[C@@H]1CC[C@]2(COC(=O)CCN3CCCCC3)CC[C@]3(C)[C@H](CC[C@@H]4[C@@]5(C)CCC(OC(=O)CCN6CCCCC6)C(C)(C)[C@@H]5CC[C@]43C)[C@@H]12. The van der Waals surface area contributed by atoms with Gasteiger partial charge in [-0.2, -0.15) is 0 Å². The van der Waals surface area contributed by atoms with Gasteiger partial charge in [-0.15, -0.1) is 0 Å². The Bertz CT molecular complexity index is 1320. The lowest BCUT2D eigenvalue weighted by molar-refractivity contribution is -0.252. The van der Waals surface area contributed by atoms with Gasteiger partial charge in [0.05, 0.1) is 19.4 Å². The zero-order valence-corrected chi connectivity index (χ0v) is 34.4. The second-order valence-corrected chi connectivity index (χ2v) is 20.9. The van der Waals surface area contributed by atoms with Gasteiger partial charge in [-0.25, -0.2) is 0 Å². The van der Waals surface area contributed by atoms with Crippen molar-refractivity contribution in [3.63, 3.8) is 0 Å². The molecule has 294 valence electrons. The van der Waals surface area contributed by atoms with Crippen LogP contribution in [0.3, 0.4) is 0 Å². The van der Waals surface area contributed by atoms with Crippen LogP contribution in [0.25, 0.3) is 0 Å². The van der Waals surface area contributed by atoms with Crippen molar-refractivity contribution in [2.45, 2.75) is 163 Å². The smallest absolute Gasteiger partial charge is 0.307 e. The number of allylic oxidation sites excluding steroid dienone is 1. The number of carbonyl (C=O) groups excluding carboxylic acids is 2. The van der Waals surface area contributed by atoms with Gasteiger partial charge in [0, 0.05) is 23.9 Å². The summed E-state index contributed by atoms with van der Waals surface area (Å²) in [7, 11) is 0. The number of hydrogen-bond donors (Lipinski definition) is 0. The first kappa shape index (κ1) is 38.9. The quantitative estimate of drug-likeness (QED) is 0.166. The molecule has 0 aromatic rings. The van der Waals surface area contributed by atoms with Crippen molar-refractivity contribution >= 4 is 11.9 Å². The molecule has 0 amide bonds. The molecule has 0 aromatic heterocycles. The van der Waals surface area contributed by atoms with E-state index in [9.17, 15) is 9.59 Å². The molecule has 52 heavy (non-hydrogen) atoms. The van der Waals surface area contributed by atoms with Crippen LogP contribution in [-0.2, 0) is 19.1 Å². The monoisotopic (exact) mass is 721 g/mol. The molecule has 1 unspecified atom stereocenters. The Morgan fingerprint density at radius 1 is 0.673 bits per heavy atom. The molecule has 5 saturated carbocycles. The normalized spacial score (nSPS) is 43.3. The van der Waals surface area contributed by atoms with E-state index in [-0.39, 0.29) is 45.1 Å². The molecule has 2 heterocycles. The number of fused-ring (bicyclic) bond motifs is 7. The highest BCUT2D eigenvalue weighted by molar-refractivity contribution is 5.70. The summed E-state index contributed by atoms with van der Waals surface area (Å²) in [5.74, 6) is 3.00. The summed E-state index contributed by atoms with van der Waals surface area (Å²) < 4.78 is 12.7. The fraction of sp³-hybridized carbons (Fsp3) is 0.913. The van der Waals surface area contributed by atoms with Crippen molar-refractivity contribution < 1.29 is 19.1 Å². The molecule has 0 bridgehead atoms. The topological polar surface area (TPSA) is 59.1 Å². The van der Waals surface area contributed by atoms with E-state index < -0.39 is 0 Å². The molecule has 0 radical (unpaired) electrons. The molecule has 7 aliphatic rings. The Hall–Kier alpha value is -1.40. The molecule has 0 N–H and O–H groups in total. The summed E-state index contributed by atoms with van der Waals surface area (Å²) in [6.07, 6.45) is 20.8. The van der Waals surface area contributed by atoms with Crippen LogP contribution in [0.2, 0.25) is 0 Å². The first-order valence-corrected chi connectivity index (χ1v) is 22.2. The second-order valence-electron chi connectivity index (χ2n) is 20.9. The van der Waals surface area contributed by atoms with E-state index in [1.807, 2.05) is 0 Å². The molecule has 6 nitrogen and oxygen atoms in total. The largest absolute Gasteiger partial charge is 0.465 e. The van der Waals surface area contributed by atoms with Crippen LogP contribution >= 0.6 is 0 Å². The lowest BCUT2D eigenvalue weighted by Gasteiger charge is -2.73. The minimum Gasteiger partial charge on any atom is -0.465 e. The van der Waals surface area contributed by atoms with Gasteiger partial charge in [0.25, 0.3) is 0 Å². The van der Waals surface area contributed by atoms with Gasteiger partial charge in [-0.1, -0.05) is 59.6 Å². The van der Waals surface area contributed by atoms with Crippen molar-refractivity contribution in [2.75, 3.05) is 45.9 Å². The molecule has 2 aliphatic heterocycles.